The molecule has 1 aromatic heterocycles. The molecular weight excluding hydrogens is 463 g/mol. The van der Waals surface area contributed by atoms with Crippen LogP contribution in [0.5, 0.6) is 0 Å². The van der Waals surface area contributed by atoms with Crippen LogP contribution in [-0.2, 0) is 32.9 Å². The van der Waals surface area contributed by atoms with Crippen molar-refractivity contribution in [3.63, 3.8) is 0 Å². The Kier molecular flexibility index (Phi) is 8.82. The lowest BCUT2D eigenvalue weighted by Crippen LogP contribution is -2.36. The number of aromatic amines is 1. The molecule has 0 saturated carbocycles. The van der Waals surface area contributed by atoms with Crippen LogP contribution in [0, 0.1) is 5.92 Å². The minimum atomic E-state index is -3.99. The third kappa shape index (κ3) is 6.97. The topological polar surface area (TPSA) is 143 Å². The standard InChI is InChI=1S/C19H31N2O9PS/c1-12(2)29-31(24,30-13(3)4)11-32(25,26)10-8-15-14(5)17(27-6)18(28-15)21-9-7-16(22)20-19(21)23/h7-10,12-15,17-18H,11H2,1-6H3,(H,20,22,23)/b10-8+/t14-,15-,17-,18-/m1/s1. The van der Waals surface area contributed by atoms with Gasteiger partial charge in [-0.25, -0.2) is 13.2 Å². The number of ether oxygens (including phenoxy) is 2. The maximum absolute atomic E-state index is 12.9. The van der Waals surface area contributed by atoms with Gasteiger partial charge >= 0.3 is 13.3 Å². The molecule has 4 atom stereocenters. The first-order valence-electron chi connectivity index (χ1n) is 10.1. The molecule has 1 N–H and O–H groups in total. The summed E-state index contributed by atoms with van der Waals surface area (Å²) < 4.78 is 61.4. The van der Waals surface area contributed by atoms with Gasteiger partial charge in [-0.05, 0) is 33.8 Å². The molecule has 32 heavy (non-hydrogen) atoms. The minimum absolute atomic E-state index is 0.332. The molecule has 11 nitrogen and oxygen atoms in total. The summed E-state index contributed by atoms with van der Waals surface area (Å²) in [5, 5.41) is 0.916. The van der Waals surface area contributed by atoms with Gasteiger partial charge < -0.3 is 18.5 Å². The second-order valence-electron chi connectivity index (χ2n) is 8.11. The summed E-state index contributed by atoms with van der Waals surface area (Å²) in [5.74, 6) is -0.332. The molecule has 0 unspecified atom stereocenters. The van der Waals surface area contributed by atoms with Crippen molar-refractivity contribution in [2.75, 3.05) is 12.6 Å². The van der Waals surface area contributed by atoms with E-state index >= 15 is 0 Å². The second kappa shape index (κ2) is 10.6. The van der Waals surface area contributed by atoms with Crippen molar-refractivity contribution >= 4 is 17.4 Å². The molecule has 2 rings (SSSR count). The number of nitrogens with one attached hydrogen (secondary N) is 1. The first kappa shape index (κ1) is 26.7. The van der Waals surface area contributed by atoms with E-state index in [9.17, 15) is 22.6 Å². The molecule has 0 aromatic carbocycles. The summed E-state index contributed by atoms with van der Waals surface area (Å²) in [7, 11) is -6.45. The van der Waals surface area contributed by atoms with Crippen LogP contribution in [0.1, 0.15) is 40.8 Å². The molecule has 13 heteroatoms. The quantitative estimate of drug-likeness (QED) is 0.483. The van der Waals surface area contributed by atoms with E-state index in [0.29, 0.717) is 0 Å². The summed E-state index contributed by atoms with van der Waals surface area (Å²) in [5.41, 5.74) is -2.04. The van der Waals surface area contributed by atoms with E-state index in [1.807, 2.05) is 0 Å². The van der Waals surface area contributed by atoms with Crippen LogP contribution in [-0.4, -0.2) is 55.0 Å². The van der Waals surface area contributed by atoms with Crippen molar-refractivity contribution in [1.82, 2.24) is 9.55 Å². The largest absolute Gasteiger partial charge is 0.376 e. The third-order valence-electron chi connectivity index (χ3n) is 4.57. The van der Waals surface area contributed by atoms with Gasteiger partial charge in [-0.1, -0.05) is 6.92 Å². The SMILES string of the molecule is CO[C@@H]1[C@H](C)[C@@H](/C=C/S(=O)(=O)CP(=O)(OC(C)C)OC(C)C)O[C@H]1n1ccc(=O)[nH]c1=O. The Morgan fingerprint density at radius 2 is 1.81 bits per heavy atom. The van der Waals surface area contributed by atoms with Crippen molar-refractivity contribution in [2.24, 2.45) is 5.92 Å². The van der Waals surface area contributed by atoms with Gasteiger partial charge in [-0.15, -0.1) is 0 Å². The Morgan fingerprint density at radius 3 is 2.31 bits per heavy atom. The van der Waals surface area contributed by atoms with Crippen molar-refractivity contribution in [3.05, 3.63) is 44.6 Å². The van der Waals surface area contributed by atoms with Crippen LogP contribution < -0.4 is 11.2 Å². The second-order valence-corrected chi connectivity index (χ2v) is 12.4. The molecule has 0 spiro atoms. The zero-order valence-electron chi connectivity index (χ0n) is 19.0. The van der Waals surface area contributed by atoms with Crippen LogP contribution >= 0.6 is 7.60 Å². The van der Waals surface area contributed by atoms with E-state index in [0.717, 1.165) is 5.41 Å². The van der Waals surface area contributed by atoms with Gasteiger partial charge in [-0.2, -0.15) is 0 Å². The van der Waals surface area contributed by atoms with E-state index in [-0.39, 0.29) is 5.92 Å². The predicted octanol–water partition coefficient (Wildman–Crippen LogP) is 2.01. The maximum Gasteiger partial charge on any atom is 0.346 e. The van der Waals surface area contributed by atoms with Crippen molar-refractivity contribution in [3.8, 4) is 0 Å². The van der Waals surface area contributed by atoms with Gasteiger partial charge in [0.1, 0.15) is 6.10 Å². The van der Waals surface area contributed by atoms with Crippen LogP contribution in [0.25, 0.3) is 0 Å². The summed E-state index contributed by atoms with van der Waals surface area (Å²) >= 11 is 0. The van der Waals surface area contributed by atoms with Gasteiger partial charge in [0.25, 0.3) is 5.56 Å². The van der Waals surface area contributed by atoms with Gasteiger partial charge in [-0.3, -0.25) is 18.9 Å². The van der Waals surface area contributed by atoms with Crippen LogP contribution in [0.3, 0.4) is 0 Å². The zero-order valence-corrected chi connectivity index (χ0v) is 20.7. The van der Waals surface area contributed by atoms with Gasteiger partial charge in [0.15, 0.2) is 21.6 Å². The molecular formula is C19H31N2O9PS. The Labute approximate surface area is 187 Å². The molecule has 1 saturated heterocycles. The molecule has 1 fully saturated rings. The molecule has 1 aromatic rings. The highest BCUT2D eigenvalue weighted by Gasteiger charge is 2.43. The summed E-state index contributed by atoms with van der Waals surface area (Å²) in [6, 6.07) is 1.18. The lowest BCUT2D eigenvalue weighted by Gasteiger charge is -2.22. The predicted molar refractivity (Wildman–Crippen MR) is 118 cm³/mol. The van der Waals surface area contributed by atoms with Crippen molar-refractivity contribution < 1.29 is 31.5 Å². The Hall–Kier alpha value is -1.56. The molecule has 1 aliphatic rings. The number of aromatic nitrogens is 2. The number of hydrogen-bond acceptors (Lipinski definition) is 9. The zero-order chi connectivity index (χ0) is 24.3. The fourth-order valence-electron chi connectivity index (χ4n) is 3.40. The lowest BCUT2D eigenvalue weighted by molar-refractivity contribution is -0.0444. The first-order chi connectivity index (χ1) is 14.8. The maximum atomic E-state index is 12.9. The van der Waals surface area contributed by atoms with Crippen LogP contribution in [0.15, 0.2) is 33.3 Å². The number of methoxy groups -OCH3 is 1. The Balaban J connectivity index is 2.24. The third-order valence-corrected chi connectivity index (χ3v) is 9.33. The highest BCUT2D eigenvalue weighted by atomic mass is 32.2. The average molecular weight is 495 g/mol. The molecule has 182 valence electrons. The molecule has 0 radical (unpaired) electrons. The Bertz CT molecular complexity index is 1060. The fourth-order valence-corrected chi connectivity index (χ4v) is 7.72. The monoisotopic (exact) mass is 494 g/mol. The number of hydrogen-bond donors (Lipinski definition) is 1. The van der Waals surface area contributed by atoms with Crippen LogP contribution in [0.4, 0.5) is 0 Å². The average Bonchev–Trinajstić information content (AvgIpc) is 2.93. The lowest BCUT2D eigenvalue weighted by atomic mass is 10.0. The summed E-state index contributed by atoms with van der Waals surface area (Å²) in [4.78, 5) is 25.6. The van der Waals surface area contributed by atoms with Gasteiger partial charge in [0, 0.05) is 30.7 Å². The first-order valence-corrected chi connectivity index (χ1v) is 13.6. The smallest absolute Gasteiger partial charge is 0.346 e. The molecule has 0 bridgehead atoms. The van der Waals surface area contributed by atoms with Crippen molar-refractivity contribution in [1.29, 1.82) is 0 Å². The van der Waals surface area contributed by atoms with E-state index in [1.54, 1.807) is 34.6 Å². The number of nitrogens with zero attached hydrogens (tertiary/aromatic N) is 1. The summed E-state index contributed by atoms with van der Waals surface area (Å²) in [6.07, 6.45) is -0.567. The van der Waals surface area contributed by atoms with E-state index < -0.39 is 64.8 Å². The van der Waals surface area contributed by atoms with Crippen molar-refractivity contribution in [2.45, 2.75) is 65.3 Å². The Morgan fingerprint density at radius 1 is 1.22 bits per heavy atom. The molecule has 2 heterocycles. The number of H-pyrrole nitrogens is 1. The van der Waals surface area contributed by atoms with E-state index in [4.69, 9.17) is 18.5 Å². The number of rotatable bonds is 10. The van der Waals surface area contributed by atoms with E-state index in [1.165, 1.54) is 30.0 Å². The molecule has 1 aliphatic heterocycles. The molecule has 0 amide bonds. The van der Waals surface area contributed by atoms with Gasteiger partial charge in [0.2, 0.25) is 0 Å². The number of sulfone groups is 1. The highest BCUT2D eigenvalue weighted by Crippen LogP contribution is 2.51. The normalized spacial score (nSPS) is 24.8. The summed E-state index contributed by atoms with van der Waals surface area (Å²) in [6.45, 7) is 8.32. The molecule has 0 aliphatic carbocycles. The minimum Gasteiger partial charge on any atom is -0.376 e. The van der Waals surface area contributed by atoms with Gasteiger partial charge in [0.05, 0.1) is 18.3 Å². The highest BCUT2D eigenvalue weighted by molar-refractivity contribution is 8.00. The fraction of sp³-hybridized carbons (Fsp3) is 0.684. The van der Waals surface area contributed by atoms with Crippen LogP contribution in [0.2, 0.25) is 0 Å². The van der Waals surface area contributed by atoms with E-state index in [2.05, 4.69) is 4.98 Å².